The topological polar surface area (TPSA) is 101 Å². The van der Waals surface area contributed by atoms with E-state index in [0.29, 0.717) is 0 Å². The molecule has 0 unspecified atom stereocenters. The zero-order valence-electron chi connectivity index (χ0n) is 17.8. The number of aryl methyl sites for hydroxylation is 2. The van der Waals surface area contributed by atoms with Crippen LogP contribution >= 0.6 is 22.7 Å². The molecule has 0 bridgehead atoms. The minimum absolute atomic E-state index is 0.806. The van der Waals surface area contributed by atoms with Crippen LogP contribution in [0.25, 0.3) is 0 Å². The summed E-state index contributed by atoms with van der Waals surface area (Å²) in [6, 6.07) is 11.9. The van der Waals surface area contributed by atoms with Crippen molar-refractivity contribution >= 4 is 32.9 Å². The SMILES string of the molecule is c1ccc(CCNc2nnc(CCCCc3nnc(NCCc4ccccn4)s3)s2)nc1. The van der Waals surface area contributed by atoms with E-state index in [1.54, 1.807) is 22.7 Å². The molecule has 2 N–H and O–H groups in total. The summed E-state index contributed by atoms with van der Waals surface area (Å²) in [6.45, 7) is 1.61. The van der Waals surface area contributed by atoms with Gasteiger partial charge in [-0.25, -0.2) is 0 Å². The first kappa shape index (κ1) is 22.2. The van der Waals surface area contributed by atoms with Gasteiger partial charge in [-0.05, 0) is 37.1 Å². The number of hydrogen-bond donors (Lipinski definition) is 2. The van der Waals surface area contributed by atoms with Crippen LogP contribution in [0.3, 0.4) is 0 Å². The van der Waals surface area contributed by atoms with E-state index in [-0.39, 0.29) is 0 Å². The van der Waals surface area contributed by atoms with Gasteiger partial charge in [0, 0.05) is 62.6 Å². The largest absolute Gasteiger partial charge is 0.360 e. The van der Waals surface area contributed by atoms with Crippen molar-refractivity contribution in [2.24, 2.45) is 0 Å². The maximum absolute atomic E-state index is 4.33. The molecule has 0 amide bonds. The quantitative estimate of drug-likeness (QED) is 0.285. The van der Waals surface area contributed by atoms with E-state index >= 15 is 0 Å². The lowest BCUT2D eigenvalue weighted by Gasteiger charge is -2.01. The Morgan fingerprint density at radius 2 is 1.09 bits per heavy atom. The monoisotopic (exact) mass is 466 g/mol. The number of anilines is 2. The van der Waals surface area contributed by atoms with Crippen molar-refractivity contribution in [3.63, 3.8) is 0 Å². The van der Waals surface area contributed by atoms with Crippen LogP contribution in [0.15, 0.2) is 48.8 Å². The molecule has 0 aliphatic heterocycles. The number of unbranched alkanes of at least 4 members (excludes halogenated alkanes) is 1. The Bertz CT molecular complexity index is 966. The lowest BCUT2D eigenvalue weighted by molar-refractivity contribution is 0.718. The summed E-state index contributed by atoms with van der Waals surface area (Å²) >= 11 is 3.26. The first-order valence-electron chi connectivity index (χ1n) is 10.8. The molecule has 32 heavy (non-hydrogen) atoms. The van der Waals surface area contributed by atoms with Crippen molar-refractivity contribution in [3.8, 4) is 0 Å². The van der Waals surface area contributed by atoms with Crippen LogP contribution in [0, 0.1) is 0 Å². The van der Waals surface area contributed by atoms with Gasteiger partial charge in [0.1, 0.15) is 10.0 Å². The highest BCUT2D eigenvalue weighted by Gasteiger charge is 2.07. The minimum atomic E-state index is 0.806. The Hall–Kier alpha value is -2.98. The highest BCUT2D eigenvalue weighted by atomic mass is 32.1. The molecule has 0 saturated heterocycles. The molecule has 4 heterocycles. The van der Waals surface area contributed by atoms with E-state index in [1.807, 2.05) is 48.8 Å². The van der Waals surface area contributed by atoms with Gasteiger partial charge in [-0.2, -0.15) is 0 Å². The first-order valence-corrected chi connectivity index (χ1v) is 12.4. The second-order valence-corrected chi connectivity index (χ2v) is 9.33. The third kappa shape index (κ3) is 7.31. The molecule has 0 radical (unpaired) electrons. The standard InChI is InChI=1S/C22H26N8S2/c1(9-19-27-29-21(31-19)25-15-11-17-7-3-5-13-23-17)2-10-20-28-30-22(32-20)26-16-12-18-8-4-6-14-24-18/h3-8,13-14H,1-2,9-12,15-16H2,(H,25,29)(H,26,30). The van der Waals surface area contributed by atoms with Crippen molar-refractivity contribution in [2.45, 2.75) is 38.5 Å². The van der Waals surface area contributed by atoms with Gasteiger partial charge in [-0.15, -0.1) is 20.4 Å². The molecule has 0 aliphatic carbocycles. The number of aromatic nitrogens is 6. The van der Waals surface area contributed by atoms with Crippen LogP contribution in [0.5, 0.6) is 0 Å². The second kappa shape index (κ2) is 12.2. The summed E-state index contributed by atoms with van der Waals surface area (Å²) in [5, 5.41) is 27.6. The predicted molar refractivity (Wildman–Crippen MR) is 129 cm³/mol. The van der Waals surface area contributed by atoms with Crippen molar-refractivity contribution in [3.05, 3.63) is 70.2 Å². The van der Waals surface area contributed by atoms with Gasteiger partial charge < -0.3 is 10.6 Å². The number of nitrogens with one attached hydrogen (secondary N) is 2. The van der Waals surface area contributed by atoms with Crippen LogP contribution in [0.1, 0.15) is 34.2 Å². The maximum Gasteiger partial charge on any atom is 0.205 e. The van der Waals surface area contributed by atoms with Gasteiger partial charge >= 0.3 is 0 Å². The van der Waals surface area contributed by atoms with Gasteiger partial charge in [-0.1, -0.05) is 34.8 Å². The summed E-state index contributed by atoms with van der Waals surface area (Å²) in [7, 11) is 0. The Labute approximate surface area is 195 Å². The van der Waals surface area contributed by atoms with Crippen LogP contribution in [-0.2, 0) is 25.7 Å². The minimum Gasteiger partial charge on any atom is -0.360 e. The number of rotatable bonds is 13. The van der Waals surface area contributed by atoms with Gasteiger partial charge in [0.25, 0.3) is 0 Å². The average molecular weight is 467 g/mol. The van der Waals surface area contributed by atoms with Crippen LogP contribution in [-0.4, -0.2) is 43.5 Å². The highest BCUT2D eigenvalue weighted by molar-refractivity contribution is 7.15. The first-order chi connectivity index (χ1) is 15.8. The van der Waals surface area contributed by atoms with Crippen molar-refractivity contribution in [1.82, 2.24) is 30.4 Å². The van der Waals surface area contributed by atoms with E-state index in [4.69, 9.17) is 0 Å². The molecule has 0 aromatic carbocycles. The molecular weight excluding hydrogens is 440 g/mol. The van der Waals surface area contributed by atoms with Crippen molar-refractivity contribution in [1.29, 1.82) is 0 Å². The van der Waals surface area contributed by atoms with Crippen molar-refractivity contribution in [2.75, 3.05) is 23.7 Å². The van der Waals surface area contributed by atoms with Gasteiger partial charge in [0.05, 0.1) is 0 Å². The van der Waals surface area contributed by atoms with Gasteiger partial charge in [0.2, 0.25) is 10.3 Å². The fraction of sp³-hybridized carbons (Fsp3) is 0.364. The summed E-state index contributed by atoms with van der Waals surface area (Å²) in [5.41, 5.74) is 2.15. The molecule has 4 aromatic rings. The zero-order valence-corrected chi connectivity index (χ0v) is 19.4. The number of nitrogens with zero attached hydrogens (tertiary/aromatic N) is 6. The van der Waals surface area contributed by atoms with E-state index in [9.17, 15) is 0 Å². The van der Waals surface area contributed by atoms with E-state index in [1.165, 1.54) is 0 Å². The predicted octanol–water partition coefficient (Wildman–Crippen LogP) is 4.05. The van der Waals surface area contributed by atoms with Crippen LogP contribution in [0.2, 0.25) is 0 Å². The zero-order chi connectivity index (χ0) is 21.8. The molecule has 0 atom stereocenters. The van der Waals surface area contributed by atoms with Gasteiger partial charge in [-0.3, -0.25) is 9.97 Å². The normalized spacial score (nSPS) is 10.9. The lowest BCUT2D eigenvalue weighted by atomic mass is 10.2. The molecule has 0 fully saturated rings. The molecule has 166 valence electrons. The second-order valence-electron chi connectivity index (χ2n) is 7.20. The van der Waals surface area contributed by atoms with E-state index < -0.39 is 0 Å². The van der Waals surface area contributed by atoms with Crippen LogP contribution < -0.4 is 10.6 Å². The molecule has 0 spiro atoms. The Morgan fingerprint density at radius 1 is 0.594 bits per heavy atom. The fourth-order valence-electron chi connectivity index (χ4n) is 3.09. The number of hydrogen-bond acceptors (Lipinski definition) is 10. The third-order valence-corrected chi connectivity index (χ3v) is 6.61. The van der Waals surface area contributed by atoms with E-state index in [0.717, 1.165) is 83.3 Å². The summed E-state index contributed by atoms with van der Waals surface area (Å²) in [6.07, 6.45) is 9.38. The lowest BCUT2D eigenvalue weighted by Crippen LogP contribution is -2.05. The van der Waals surface area contributed by atoms with E-state index in [2.05, 4.69) is 41.0 Å². The molecule has 4 rings (SSSR count). The Kier molecular flexibility index (Phi) is 8.44. The average Bonchev–Trinajstić information content (AvgIpc) is 3.48. The summed E-state index contributed by atoms with van der Waals surface area (Å²) < 4.78 is 0. The summed E-state index contributed by atoms with van der Waals surface area (Å²) in [5.74, 6) is 0. The van der Waals surface area contributed by atoms with Crippen molar-refractivity contribution < 1.29 is 0 Å². The maximum atomic E-state index is 4.33. The Morgan fingerprint density at radius 3 is 1.53 bits per heavy atom. The summed E-state index contributed by atoms with van der Waals surface area (Å²) in [4.78, 5) is 8.66. The Balaban J connectivity index is 1.09. The van der Waals surface area contributed by atoms with Gasteiger partial charge in [0.15, 0.2) is 0 Å². The molecule has 0 aliphatic rings. The number of pyridine rings is 2. The highest BCUT2D eigenvalue weighted by Crippen LogP contribution is 2.20. The third-order valence-electron chi connectivity index (χ3n) is 4.73. The molecule has 0 saturated carbocycles. The van der Waals surface area contributed by atoms with Crippen LogP contribution in [0.4, 0.5) is 10.3 Å². The smallest absolute Gasteiger partial charge is 0.205 e. The molecule has 8 nitrogen and oxygen atoms in total. The molecule has 4 aromatic heterocycles. The molecule has 10 heteroatoms. The molecular formula is C22H26N8S2. The fourth-order valence-corrected chi connectivity index (χ4v) is 4.71.